The molecule has 2 nitrogen and oxygen atoms in total. The van der Waals surface area contributed by atoms with Crippen LogP contribution in [-0.4, -0.2) is 24.8 Å². The van der Waals surface area contributed by atoms with E-state index in [1.165, 1.54) is 25.8 Å². The lowest BCUT2D eigenvalue weighted by atomic mass is 9.84. The first kappa shape index (κ1) is 11.0. The van der Waals surface area contributed by atoms with Crippen LogP contribution in [0.1, 0.15) is 39.5 Å². The molecule has 2 heteroatoms. The van der Waals surface area contributed by atoms with Gasteiger partial charge in [-0.3, -0.25) is 0 Å². The SMILES string of the molecule is CC(C)(CCO)CNCC1CCC1. The maximum Gasteiger partial charge on any atom is 0.0436 e. The Kier molecular flexibility index (Phi) is 4.20. The summed E-state index contributed by atoms with van der Waals surface area (Å²) >= 11 is 0. The second-order valence-corrected chi connectivity index (χ2v) is 5.07. The van der Waals surface area contributed by atoms with Gasteiger partial charge in [0.05, 0.1) is 0 Å². The van der Waals surface area contributed by atoms with Gasteiger partial charge in [-0.15, -0.1) is 0 Å². The van der Waals surface area contributed by atoms with E-state index in [1.54, 1.807) is 0 Å². The van der Waals surface area contributed by atoms with Crippen LogP contribution < -0.4 is 5.32 Å². The van der Waals surface area contributed by atoms with E-state index >= 15 is 0 Å². The Morgan fingerprint density at radius 1 is 1.38 bits per heavy atom. The van der Waals surface area contributed by atoms with Crippen molar-refractivity contribution in [1.82, 2.24) is 5.32 Å². The molecular formula is C11H23NO. The Hall–Kier alpha value is -0.0800. The van der Waals surface area contributed by atoms with Crippen LogP contribution in [0.3, 0.4) is 0 Å². The average molecular weight is 185 g/mol. The number of nitrogens with one attached hydrogen (secondary N) is 1. The number of hydrogen-bond acceptors (Lipinski definition) is 2. The van der Waals surface area contributed by atoms with Crippen molar-refractivity contribution in [2.75, 3.05) is 19.7 Å². The van der Waals surface area contributed by atoms with Crippen LogP contribution in [0.15, 0.2) is 0 Å². The molecule has 78 valence electrons. The summed E-state index contributed by atoms with van der Waals surface area (Å²) in [6, 6.07) is 0. The summed E-state index contributed by atoms with van der Waals surface area (Å²) < 4.78 is 0. The van der Waals surface area contributed by atoms with E-state index in [-0.39, 0.29) is 5.41 Å². The second kappa shape index (κ2) is 4.97. The molecule has 0 amide bonds. The predicted molar refractivity (Wildman–Crippen MR) is 55.7 cm³/mol. The highest BCUT2D eigenvalue weighted by Crippen LogP contribution is 2.25. The van der Waals surface area contributed by atoms with Gasteiger partial charge in [0.25, 0.3) is 0 Å². The Morgan fingerprint density at radius 2 is 2.08 bits per heavy atom. The Bertz CT molecular complexity index is 141. The summed E-state index contributed by atoms with van der Waals surface area (Å²) in [5, 5.41) is 12.3. The molecule has 1 saturated carbocycles. The van der Waals surface area contributed by atoms with E-state index in [0.29, 0.717) is 6.61 Å². The standard InChI is InChI=1S/C11H23NO/c1-11(2,6-7-13)9-12-8-10-4-3-5-10/h10,12-13H,3-9H2,1-2H3. The smallest absolute Gasteiger partial charge is 0.0436 e. The van der Waals surface area contributed by atoms with Crippen molar-refractivity contribution in [2.24, 2.45) is 11.3 Å². The molecule has 0 aromatic heterocycles. The lowest BCUT2D eigenvalue weighted by molar-refractivity contribution is 0.200. The van der Waals surface area contributed by atoms with Crippen LogP contribution in [0.2, 0.25) is 0 Å². The van der Waals surface area contributed by atoms with Crippen molar-refractivity contribution >= 4 is 0 Å². The van der Waals surface area contributed by atoms with E-state index in [4.69, 9.17) is 5.11 Å². The van der Waals surface area contributed by atoms with Crippen LogP contribution in [0.5, 0.6) is 0 Å². The molecule has 13 heavy (non-hydrogen) atoms. The lowest BCUT2D eigenvalue weighted by Gasteiger charge is -2.29. The molecule has 0 saturated heterocycles. The molecule has 0 atom stereocenters. The molecule has 1 rings (SSSR count). The van der Waals surface area contributed by atoms with Crippen molar-refractivity contribution in [2.45, 2.75) is 39.5 Å². The first-order valence-corrected chi connectivity index (χ1v) is 5.46. The Labute approximate surface area is 81.7 Å². The number of rotatable bonds is 6. The van der Waals surface area contributed by atoms with Gasteiger partial charge in [-0.1, -0.05) is 20.3 Å². The fourth-order valence-corrected chi connectivity index (χ4v) is 1.70. The first-order valence-electron chi connectivity index (χ1n) is 5.46. The van der Waals surface area contributed by atoms with Crippen molar-refractivity contribution in [3.63, 3.8) is 0 Å². The highest BCUT2D eigenvalue weighted by molar-refractivity contribution is 4.75. The summed E-state index contributed by atoms with van der Waals surface area (Å²) in [7, 11) is 0. The number of aliphatic hydroxyl groups is 1. The predicted octanol–water partition coefficient (Wildman–Crippen LogP) is 1.78. The van der Waals surface area contributed by atoms with E-state index < -0.39 is 0 Å². The monoisotopic (exact) mass is 185 g/mol. The minimum atomic E-state index is 0.249. The minimum absolute atomic E-state index is 0.249. The van der Waals surface area contributed by atoms with Crippen molar-refractivity contribution in [1.29, 1.82) is 0 Å². The molecule has 0 heterocycles. The van der Waals surface area contributed by atoms with Crippen molar-refractivity contribution in [3.8, 4) is 0 Å². The van der Waals surface area contributed by atoms with Gasteiger partial charge in [-0.25, -0.2) is 0 Å². The number of aliphatic hydroxyl groups excluding tert-OH is 1. The molecule has 2 N–H and O–H groups in total. The van der Waals surface area contributed by atoms with Gasteiger partial charge >= 0.3 is 0 Å². The van der Waals surface area contributed by atoms with E-state index in [0.717, 1.165) is 18.9 Å². The molecule has 0 radical (unpaired) electrons. The maximum absolute atomic E-state index is 8.84. The number of hydrogen-bond donors (Lipinski definition) is 2. The quantitative estimate of drug-likeness (QED) is 0.661. The van der Waals surface area contributed by atoms with Crippen LogP contribution >= 0.6 is 0 Å². The van der Waals surface area contributed by atoms with E-state index in [2.05, 4.69) is 19.2 Å². The summed E-state index contributed by atoms with van der Waals surface area (Å²) in [6.07, 6.45) is 5.14. The Balaban J connectivity index is 2.02. The lowest BCUT2D eigenvalue weighted by Crippen LogP contribution is -2.35. The Morgan fingerprint density at radius 3 is 2.54 bits per heavy atom. The third-order valence-corrected chi connectivity index (χ3v) is 3.05. The molecule has 1 aliphatic rings. The molecule has 0 aromatic rings. The summed E-state index contributed by atoms with van der Waals surface area (Å²) in [5.41, 5.74) is 0.249. The molecule has 1 aliphatic carbocycles. The normalized spacial score (nSPS) is 18.7. The second-order valence-electron chi connectivity index (χ2n) is 5.07. The molecule has 0 aliphatic heterocycles. The highest BCUT2D eigenvalue weighted by Gasteiger charge is 2.20. The third-order valence-electron chi connectivity index (χ3n) is 3.05. The molecule has 0 unspecified atom stereocenters. The fraction of sp³-hybridized carbons (Fsp3) is 1.00. The average Bonchev–Trinajstić information content (AvgIpc) is 1.94. The third kappa shape index (κ3) is 4.10. The van der Waals surface area contributed by atoms with Gasteiger partial charge in [-0.05, 0) is 37.1 Å². The molecular weight excluding hydrogens is 162 g/mol. The first-order chi connectivity index (χ1) is 6.14. The van der Waals surface area contributed by atoms with E-state index in [1.807, 2.05) is 0 Å². The maximum atomic E-state index is 8.84. The van der Waals surface area contributed by atoms with Crippen molar-refractivity contribution in [3.05, 3.63) is 0 Å². The summed E-state index contributed by atoms with van der Waals surface area (Å²) in [6.45, 7) is 6.92. The van der Waals surface area contributed by atoms with Gasteiger partial charge in [0.2, 0.25) is 0 Å². The molecule has 0 spiro atoms. The van der Waals surface area contributed by atoms with Gasteiger partial charge < -0.3 is 10.4 Å². The zero-order valence-electron chi connectivity index (χ0n) is 8.97. The minimum Gasteiger partial charge on any atom is -0.396 e. The van der Waals surface area contributed by atoms with Gasteiger partial charge in [0.15, 0.2) is 0 Å². The molecule has 0 bridgehead atoms. The summed E-state index contributed by atoms with van der Waals surface area (Å²) in [4.78, 5) is 0. The highest BCUT2D eigenvalue weighted by atomic mass is 16.3. The zero-order valence-corrected chi connectivity index (χ0v) is 8.97. The molecule has 0 aromatic carbocycles. The van der Waals surface area contributed by atoms with E-state index in [9.17, 15) is 0 Å². The summed E-state index contributed by atoms with van der Waals surface area (Å²) in [5.74, 6) is 0.935. The largest absolute Gasteiger partial charge is 0.396 e. The van der Waals surface area contributed by atoms with Gasteiger partial charge in [-0.2, -0.15) is 0 Å². The van der Waals surface area contributed by atoms with Crippen LogP contribution in [-0.2, 0) is 0 Å². The zero-order chi connectivity index (χ0) is 9.73. The van der Waals surface area contributed by atoms with Gasteiger partial charge in [0.1, 0.15) is 0 Å². The van der Waals surface area contributed by atoms with Crippen molar-refractivity contribution < 1.29 is 5.11 Å². The van der Waals surface area contributed by atoms with Crippen LogP contribution in [0, 0.1) is 11.3 Å². The van der Waals surface area contributed by atoms with Crippen LogP contribution in [0.25, 0.3) is 0 Å². The van der Waals surface area contributed by atoms with Crippen LogP contribution in [0.4, 0.5) is 0 Å². The fourth-order valence-electron chi connectivity index (χ4n) is 1.70. The molecule has 1 fully saturated rings. The van der Waals surface area contributed by atoms with Gasteiger partial charge in [0, 0.05) is 13.2 Å². The topological polar surface area (TPSA) is 32.3 Å².